The molecule has 1 aliphatic carbocycles. The molecule has 1 aliphatic heterocycles. The molecular formula is C15H18N2O3. The van der Waals surface area contributed by atoms with E-state index in [9.17, 15) is 4.79 Å². The lowest BCUT2D eigenvalue weighted by atomic mass is 9.89. The van der Waals surface area contributed by atoms with Crippen LogP contribution in [0.4, 0.5) is 0 Å². The number of ether oxygens (including phenoxy) is 2. The van der Waals surface area contributed by atoms with Gasteiger partial charge in [0.1, 0.15) is 0 Å². The van der Waals surface area contributed by atoms with Crippen LogP contribution in [0, 0.1) is 5.92 Å². The van der Waals surface area contributed by atoms with Crippen LogP contribution in [0.2, 0.25) is 0 Å². The number of carbonyl (C=O) groups is 1. The van der Waals surface area contributed by atoms with Crippen molar-refractivity contribution in [2.45, 2.75) is 32.6 Å². The molecule has 0 radical (unpaired) electrons. The van der Waals surface area contributed by atoms with E-state index < -0.39 is 0 Å². The van der Waals surface area contributed by atoms with Gasteiger partial charge in [-0.2, -0.15) is 5.10 Å². The van der Waals surface area contributed by atoms with E-state index in [-0.39, 0.29) is 12.7 Å². The molecule has 1 amide bonds. The molecule has 0 unspecified atom stereocenters. The van der Waals surface area contributed by atoms with E-state index in [2.05, 4.69) is 17.5 Å². The quantitative estimate of drug-likeness (QED) is 0.843. The monoisotopic (exact) mass is 274 g/mol. The van der Waals surface area contributed by atoms with Crippen molar-refractivity contribution in [1.29, 1.82) is 0 Å². The van der Waals surface area contributed by atoms with Gasteiger partial charge in [0.25, 0.3) is 5.91 Å². The summed E-state index contributed by atoms with van der Waals surface area (Å²) in [4.78, 5) is 12.1. The van der Waals surface area contributed by atoms with Crippen LogP contribution >= 0.6 is 0 Å². The van der Waals surface area contributed by atoms with E-state index in [1.807, 2.05) is 0 Å². The number of hydrogen-bond donors (Lipinski definition) is 1. The summed E-state index contributed by atoms with van der Waals surface area (Å²) in [5.74, 6) is 1.73. The standard InChI is InChI=1S/C15H18N2O3/c1-10-3-2-4-12(7-10)16-17-15(18)11-5-6-13-14(8-11)20-9-19-13/h5-6,8,10H,2-4,7,9H2,1H3,(H,17,18)/b16-12+/t10-/m0/s1. The van der Waals surface area contributed by atoms with E-state index in [0.29, 0.717) is 23.0 Å². The lowest BCUT2D eigenvalue weighted by Gasteiger charge is -2.18. The van der Waals surface area contributed by atoms with Crippen LogP contribution in [-0.4, -0.2) is 18.4 Å². The Labute approximate surface area is 118 Å². The second kappa shape index (κ2) is 5.53. The fraction of sp³-hybridized carbons (Fsp3) is 0.467. The van der Waals surface area contributed by atoms with Crippen molar-refractivity contribution in [3.63, 3.8) is 0 Å². The Kier molecular flexibility index (Phi) is 3.58. The van der Waals surface area contributed by atoms with E-state index in [0.717, 1.165) is 25.0 Å². The number of hydrogen-bond acceptors (Lipinski definition) is 4. The third kappa shape index (κ3) is 2.76. The average molecular weight is 274 g/mol. The first kappa shape index (κ1) is 13.0. The maximum absolute atomic E-state index is 12.1. The van der Waals surface area contributed by atoms with Crippen molar-refractivity contribution in [2.24, 2.45) is 11.0 Å². The molecule has 1 saturated carbocycles. The van der Waals surface area contributed by atoms with Gasteiger partial charge in [0.05, 0.1) is 0 Å². The predicted octanol–water partition coefficient (Wildman–Crippen LogP) is 2.71. The zero-order valence-corrected chi connectivity index (χ0v) is 11.5. The highest BCUT2D eigenvalue weighted by Crippen LogP contribution is 2.32. The molecule has 20 heavy (non-hydrogen) atoms. The molecule has 5 nitrogen and oxygen atoms in total. The molecule has 0 bridgehead atoms. The van der Waals surface area contributed by atoms with Gasteiger partial charge in [-0.1, -0.05) is 6.92 Å². The molecule has 106 valence electrons. The maximum Gasteiger partial charge on any atom is 0.271 e. The first-order valence-corrected chi connectivity index (χ1v) is 6.98. The third-order valence-electron chi connectivity index (χ3n) is 3.70. The van der Waals surface area contributed by atoms with E-state index >= 15 is 0 Å². The maximum atomic E-state index is 12.1. The summed E-state index contributed by atoms with van der Waals surface area (Å²) in [6.45, 7) is 2.43. The fourth-order valence-electron chi connectivity index (χ4n) is 2.59. The van der Waals surface area contributed by atoms with Crippen molar-refractivity contribution in [3.05, 3.63) is 23.8 Å². The Bertz CT molecular complexity index is 554. The molecule has 0 saturated heterocycles. The molecule has 2 aliphatic rings. The molecule has 3 rings (SSSR count). The number of carbonyl (C=O) groups excluding carboxylic acids is 1. The fourth-order valence-corrected chi connectivity index (χ4v) is 2.59. The second-order valence-electron chi connectivity index (χ2n) is 5.39. The molecular weight excluding hydrogens is 256 g/mol. The minimum atomic E-state index is -0.214. The summed E-state index contributed by atoms with van der Waals surface area (Å²) in [5.41, 5.74) is 4.24. The smallest absolute Gasteiger partial charge is 0.271 e. The van der Waals surface area contributed by atoms with Crippen molar-refractivity contribution in [3.8, 4) is 11.5 Å². The minimum Gasteiger partial charge on any atom is -0.454 e. The lowest BCUT2D eigenvalue weighted by molar-refractivity contribution is 0.0954. The third-order valence-corrected chi connectivity index (χ3v) is 3.70. The Hall–Kier alpha value is -2.04. The molecule has 5 heteroatoms. The first-order valence-electron chi connectivity index (χ1n) is 6.98. The predicted molar refractivity (Wildman–Crippen MR) is 75.1 cm³/mol. The van der Waals surface area contributed by atoms with Gasteiger partial charge in [-0.3, -0.25) is 4.79 Å². The largest absolute Gasteiger partial charge is 0.454 e. The van der Waals surface area contributed by atoms with Crippen LogP contribution < -0.4 is 14.9 Å². The molecule has 1 N–H and O–H groups in total. The zero-order chi connectivity index (χ0) is 13.9. The van der Waals surface area contributed by atoms with Crippen LogP contribution in [0.15, 0.2) is 23.3 Å². The molecule has 1 fully saturated rings. The van der Waals surface area contributed by atoms with Gasteiger partial charge in [0.15, 0.2) is 11.5 Å². The number of amides is 1. The summed E-state index contributed by atoms with van der Waals surface area (Å²) in [5, 5.41) is 4.25. The Morgan fingerprint density at radius 2 is 2.20 bits per heavy atom. The molecule has 1 aromatic carbocycles. The van der Waals surface area contributed by atoms with Crippen molar-refractivity contribution in [1.82, 2.24) is 5.43 Å². The minimum absolute atomic E-state index is 0.209. The van der Waals surface area contributed by atoms with Crippen molar-refractivity contribution in [2.75, 3.05) is 6.79 Å². The van der Waals surface area contributed by atoms with Gasteiger partial charge in [-0.25, -0.2) is 5.43 Å². The second-order valence-corrected chi connectivity index (χ2v) is 5.39. The summed E-state index contributed by atoms with van der Waals surface area (Å²) >= 11 is 0. The number of nitrogens with one attached hydrogen (secondary N) is 1. The van der Waals surface area contributed by atoms with Crippen LogP contribution in [0.3, 0.4) is 0 Å². The summed E-state index contributed by atoms with van der Waals surface area (Å²) in [6, 6.07) is 5.14. The van der Waals surface area contributed by atoms with Crippen LogP contribution in [-0.2, 0) is 0 Å². The van der Waals surface area contributed by atoms with Gasteiger partial charge in [-0.05, 0) is 49.8 Å². The van der Waals surface area contributed by atoms with E-state index in [4.69, 9.17) is 9.47 Å². The zero-order valence-electron chi connectivity index (χ0n) is 11.5. The van der Waals surface area contributed by atoms with Crippen LogP contribution in [0.5, 0.6) is 11.5 Å². The lowest BCUT2D eigenvalue weighted by Crippen LogP contribution is -2.22. The molecule has 0 spiro atoms. The highest BCUT2D eigenvalue weighted by Gasteiger charge is 2.17. The van der Waals surface area contributed by atoms with E-state index in [1.54, 1.807) is 18.2 Å². The Morgan fingerprint density at radius 3 is 3.05 bits per heavy atom. The van der Waals surface area contributed by atoms with Gasteiger partial charge in [0, 0.05) is 11.3 Å². The first-order chi connectivity index (χ1) is 9.72. The number of nitrogens with zero attached hydrogens (tertiary/aromatic N) is 1. The van der Waals surface area contributed by atoms with E-state index in [1.165, 1.54) is 6.42 Å². The van der Waals surface area contributed by atoms with Gasteiger partial charge < -0.3 is 9.47 Å². The Morgan fingerprint density at radius 1 is 1.35 bits per heavy atom. The highest BCUT2D eigenvalue weighted by atomic mass is 16.7. The highest BCUT2D eigenvalue weighted by molar-refractivity contribution is 5.96. The van der Waals surface area contributed by atoms with Gasteiger partial charge >= 0.3 is 0 Å². The summed E-state index contributed by atoms with van der Waals surface area (Å²) in [7, 11) is 0. The van der Waals surface area contributed by atoms with Crippen LogP contribution in [0.25, 0.3) is 0 Å². The van der Waals surface area contributed by atoms with Crippen molar-refractivity contribution < 1.29 is 14.3 Å². The topological polar surface area (TPSA) is 59.9 Å². The number of fused-ring (bicyclic) bond motifs is 1. The van der Waals surface area contributed by atoms with Crippen LogP contribution in [0.1, 0.15) is 43.0 Å². The number of rotatable bonds is 2. The summed E-state index contributed by atoms with van der Waals surface area (Å²) in [6.07, 6.45) is 4.35. The average Bonchev–Trinajstić information content (AvgIpc) is 2.92. The summed E-state index contributed by atoms with van der Waals surface area (Å²) < 4.78 is 10.5. The Balaban J connectivity index is 1.66. The van der Waals surface area contributed by atoms with Crippen molar-refractivity contribution >= 4 is 11.6 Å². The SMILES string of the molecule is C[C@H]1CCC/C(=N\NC(=O)c2ccc3c(c2)OCO3)C1. The molecule has 1 atom stereocenters. The van der Waals surface area contributed by atoms with Gasteiger partial charge in [-0.15, -0.1) is 0 Å². The number of hydrazone groups is 1. The molecule has 1 heterocycles. The number of benzene rings is 1. The van der Waals surface area contributed by atoms with Gasteiger partial charge in [0.2, 0.25) is 6.79 Å². The molecule has 0 aromatic heterocycles. The normalized spacial score (nSPS) is 22.9. The molecule has 1 aromatic rings.